The number of hydrogen-bond acceptors (Lipinski definition) is 5. The zero-order chi connectivity index (χ0) is 14.5. The SMILES string of the molecule is CCC(CC)(C(=O)O)c1csc(NCC(=O)NC)n1. The average Bonchev–Trinajstić information content (AvgIpc) is 2.87. The van der Waals surface area contributed by atoms with Crippen LogP contribution in [0.5, 0.6) is 0 Å². The highest BCUT2D eigenvalue weighted by Gasteiger charge is 2.39. The van der Waals surface area contributed by atoms with Gasteiger partial charge in [0.05, 0.1) is 12.2 Å². The van der Waals surface area contributed by atoms with Crippen LogP contribution < -0.4 is 10.6 Å². The summed E-state index contributed by atoms with van der Waals surface area (Å²) >= 11 is 1.31. The van der Waals surface area contributed by atoms with Crippen molar-refractivity contribution in [3.8, 4) is 0 Å². The first-order chi connectivity index (χ1) is 9.00. The van der Waals surface area contributed by atoms with Gasteiger partial charge in [-0.2, -0.15) is 0 Å². The molecule has 0 aromatic carbocycles. The Morgan fingerprint density at radius 2 is 2.05 bits per heavy atom. The van der Waals surface area contributed by atoms with Gasteiger partial charge in [0.2, 0.25) is 5.91 Å². The second kappa shape index (κ2) is 6.51. The number of carboxylic acid groups (broad SMARTS) is 1. The minimum absolute atomic E-state index is 0.127. The van der Waals surface area contributed by atoms with Crippen molar-refractivity contribution in [2.24, 2.45) is 0 Å². The third-order valence-corrected chi connectivity index (χ3v) is 4.09. The summed E-state index contributed by atoms with van der Waals surface area (Å²) in [6.45, 7) is 3.81. The molecule has 0 saturated carbocycles. The summed E-state index contributed by atoms with van der Waals surface area (Å²) in [6.07, 6.45) is 0.967. The lowest BCUT2D eigenvalue weighted by molar-refractivity contribution is -0.144. The molecule has 0 aliphatic rings. The Balaban J connectivity index is 2.88. The maximum absolute atomic E-state index is 11.5. The third kappa shape index (κ3) is 3.23. The topological polar surface area (TPSA) is 91.3 Å². The van der Waals surface area contributed by atoms with Gasteiger partial charge < -0.3 is 15.7 Å². The molecule has 0 saturated heterocycles. The predicted octanol–water partition coefficient (Wildman–Crippen LogP) is 1.44. The molecule has 0 unspecified atom stereocenters. The van der Waals surface area contributed by atoms with Crippen LogP contribution in [0.1, 0.15) is 32.4 Å². The lowest BCUT2D eigenvalue weighted by atomic mass is 9.80. The molecule has 1 amide bonds. The summed E-state index contributed by atoms with van der Waals surface area (Å²) in [7, 11) is 1.56. The summed E-state index contributed by atoms with van der Waals surface area (Å²) in [5.74, 6) is -1.01. The quantitative estimate of drug-likeness (QED) is 0.705. The van der Waals surface area contributed by atoms with Gasteiger partial charge in [0.15, 0.2) is 5.13 Å². The average molecular weight is 285 g/mol. The maximum Gasteiger partial charge on any atom is 0.315 e. The first kappa shape index (κ1) is 15.4. The number of nitrogens with one attached hydrogen (secondary N) is 2. The van der Waals surface area contributed by atoms with Crippen LogP contribution in [0.2, 0.25) is 0 Å². The highest BCUT2D eigenvalue weighted by atomic mass is 32.1. The summed E-state index contributed by atoms with van der Waals surface area (Å²) in [5, 5.41) is 17.1. The van der Waals surface area contributed by atoms with Crippen LogP contribution in [-0.2, 0) is 15.0 Å². The van der Waals surface area contributed by atoms with E-state index < -0.39 is 11.4 Å². The summed E-state index contributed by atoms with van der Waals surface area (Å²) in [4.78, 5) is 26.9. The lowest BCUT2D eigenvalue weighted by Gasteiger charge is -2.24. The van der Waals surface area contributed by atoms with Gasteiger partial charge in [0, 0.05) is 12.4 Å². The first-order valence-electron chi connectivity index (χ1n) is 6.14. The second-order valence-electron chi connectivity index (χ2n) is 4.16. The molecule has 0 aliphatic carbocycles. The van der Waals surface area contributed by atoms with Gasteiger partial charge in [-0.05, 0) is 12.8 Å². The number of amides is 1. The first-order valence-corrected chi connectivity index (χ1v) is 7.02. The van der Waals surface area contributed by atoms with Crippen molar-refractivity contribution in [2.45, 2.75) is 32.1 Å². The van der Waals surface area contributed by atoms with Crippen LogP contribution in [0.15, 0.2) is 5.38 Å². The van der Waals surface area contributed by atoms with E-state index >= 15 is 0 Å². The molecule has 1 aromatic rings. The number of nitrogens with zero attached hydrogens (tertiary/aromatic N) is 1. The van der Waals surface area contributed by atoms with Gasteiger partial charge in [-0.15, -0.1) is 11.3 Å². The molecule has 7 heteroatoms. The second-order valence-corrected chi connectivity index (χ2v) is 5.02. The molecule has 106 valence electrons. The number of hydrogen-bond donors (Lipinski definition) is 3. The van der Waals surface area contributed by atoms with Crippen LogP contribution in [0.3, 0.4) is 0 Å². The molecule has 1 rings (SSSR count). The van der Waals surface area contributed by atoms with Crippen molar-refractivity contribution < 1.29 is 14.7 Å². The zero-order valence-corrected chi connectivity index (χ0v) is 12.1. The van der Waals surface area contributed by atoms with E-state index in [1.54, 1.807) is 12.4 Å². The zero-order valence-electron chi connectivity index (χ0n) is 11.3. The molecule has 0 fully saturated rings. The van der Waals surface area contributed by atoms with E-state index in [0.29, 0.717) is 23.7 Å². The van der Waals surface area contributed by atoms with E-state index in [4.69, 9.17) is 0 Å². The van der Waals surface area contributed by atoms with Gasteiger partial charge in [-0.1, -0.05) is 13.8 Å². The minimum atomic E-state index is -0.941. The number of likely N-dealkylation sites (N-methyl/N-ethyl adjacent to an activating group) is 1. The Morgan fingerprint density at radius 1 is 1.42 bits per heavy atom. The van der Waals surface area contributed by atoms with E-state index in [0.717, 1.165) is 0 Å². The van der Waals surface area contributed by atoms with Crippen LogP contribution >= 0.6 is 11.3 Å². The fraction of sp³-hybridized carbons (Fsp3) is 0.583. The number of aliphatic carboxylic acids is 1. The number of thiazole rings is 1. The van der Waals surface area contributed by atoms with Gasteiger partial charge in [0.25, 0.3) is 0 Å². The van der Waals surface area contributed by atoms with Crippen LogP contribution in [0.25, 0.3) is 0 Å². The van der Waals surface area contributed by atoms with Crippen molar-refractivity contribution in [3.05, 3.63) is 11.1 Å². The summed E-state index contributed by atoms with van der Waals surface area (Å²) in [6, 6.07) is 0. The Morgan fingerprint density at radius 3 is 2.53 bits per heavy atom. The van der Waals surface area contributed by atoms with Gasteiger partial charge in [-0.25, -0.2) is 4.98 Å². The van der Waals surface area contributed by atoms with E-state index in [1.807, 2.05) is 13.8 Å². The molecule has 0 spiro atoms. The highest BCUT2D eigenvalue weighted by molar-refractivity contribution is 7.13. The Kier molecular flexibility index (Phi) is 5.29. The normalized spacial score (nSPS) is 11.1. The fourth-order valence-corrected chi connectivity index (χ4v) is 2.65. The molecule has 0 atom stereocenters. The van der Waals surface area contributed by atoms with Crippen molar-refractivity contribution in [3.63, 3.8) is 0 Å². The molecule has 0 radical (unpaired) electrons. The summed E-state index contributed by atoms with van der Waals surface area (Å²) < 4.78 is 0. The molecule has 0 aliphatic heterocycles. The molecule has 1 heterocycles. The molecular weight excluding hydrogens is 266 g/mol. The van der Waals surface area contributed by atoms with Crippen LogP contribution in [-0.4, -0.2) is 35.6 Å². The Hall–Kier alpha value is -1.63. The highest BCUT2D eigenvalue weighted by Crippen LogP contribution is 2.33. The molecule has 3 N–H and O–H groups in total. The molecule has 19 heavy (non-hydrogen) atoms. The number of aromatic nitrogens is 1. The van der Waals surface area contributed by atoms with E-state index in [9.17, 15) is 14.7 Å². The standard InChI is InChI=1S/C12H19N3O3S/c1-4-12(5-2,10(17)18)8-7-19-11(15-8)14-6-9(16)13-3/h7H,4-6H2,1-3H3,(H,13,16)(H,14,15)(H,17,18). The fourth-order valence-electron chi connectivity index (χ4n) is 1.84. The maximum atomic E-state index is 11.5. The Bertz CT molecular complexity index is 455. The molecule has 0 bridgehead atoms. The van der Waals surface area contributed by atoms with E-state index in [-0.39, 0.29) is 12.5 Å². The van der Waals surface area contributed by atoms with Crippen LogP contribution in [0, 0.1) is 0 Å². The largest absolute Gasteiger partial charge is 0.481 e. The Labute approximate surface area is 116 Å². The van der Waals surface area contributed by atoms with Crippen molar-refractivity contribution in [2.75, 3.05) is 18.9 Å². The number of carbonyl (C=O) groups excluding carboxylic acids is 1. The van der Waals surface area contributed by atoms with Crippen molar-refractivity contribution >= 4 is 28.3 Å². The molecular formula is C12H19N3O3S. The van der Waals surface area contributed by atoms with Crippen LogP contribution in [0.4, 0.5) is 5.13 Å². The molecule has 1 aromatic heterocycles. The van der Waals surface area contributed by atoms with Gasteiger partial charge in [0.1, 0.15) is 5.41 Å². The molecule has 6 nitrogen and oxygen atoms in total. The summed E-state index contributed by atoms with van der Waals surface area (Å²) in [5.41, 5.74) is -0.391. The van der Waals surface area contributed by atoms with Gasteiger partial charge >= 0.3 is 5.97 Å². The smallest absolute Gasteiger partial charge is 0.315 e. The third-order valence-electron chi connectivity index (χ3n) is 3.29. The number of anilines is 1. The predicted molar refractivity (Wildman–Crippen MR) is 74.6 cm³/mol. The van der Waals surface area contributed by atoms with Crippen molar-refractivity contribution in [1.82, 2.24) is 10.3 Å². The number of carbonyl (C=O) groups is 2. The monoisotopic (exact) mass is 285 g/mol. The van der Waals surface area contributed by atoms with E-state index in [1.165, 1.54) is 11.3 Å². The number of rotatable bonds is 7. The lowest BCUT2D eigenvalue weighted by Crippen LogP contribution is -2.34. The number of carboxylic acids is 1. The van der Waals surface area contributed by atoms with Crippen molar-refractivity contribution in [1.29, 1.82) is 0 Å². The minimum Gasteiger partial charge on any atom is -0.481 e. The van der Waals surface area contributed by atoms with E-state index in [2.05, 4.69) is 15.6 Å². The van der Waals surface area contributed by atoms with Gasteiger partial charge in [-0.3, -0.25) is 9.59 Å².